The van der Waals surface area contributed by atoms with Crippen LogP contribution in [0.25, 0.3) is 5.00 Å². The summed E-state index contributed by atoms with van der Waals surface area (Å²) in [4.78, 5) is 16.9. The van der Waals surface area contributed by atoms with E-state index in [0.29, 0.717) is 23.7 Å². The highest BCUT2D eigenvalue weighted by Gasteiger charge is 2.33. The smallest absolute Gasteiger partial charge is 0.322 e. The molecule has 3 aromatic rings. The van der Waals surface area contributed by atoms with Crippen molar-refractivity contribution in [2.75, 3.05) is 19.5 Å². The second kappa shape index (κ2) is 7.96. The van der Waals surface area contributed by atoms with Gasteiger partial charge in [0.05, 0.1) is 26.8 Å². The maximum Gasteiger partial charge on any atom is 0.322 e. The Hall–Kier alpha value is -2.93. The topological polar surface area (TPSA) is 55.7 Å². The Morgan fingerprint density at radius 2 is 1.90 bits per heavy atom. The second-order valence-corrected chi connectivity index (χ2v) is 9.19. The first-order valence-electron chi connectivity index (χ1n) is 10.7. The largest absolute Gasteiger partial charge is 0.493 e. The van der Waals surface area contributed by atoms with E-state index in [1.54, 1.807) is 26.4 Å². The molecule has 0 bridgehead atoms. The summed E-state index contributed by atoms with van der Waals surface area (Å²) in [5.74, 6) is 1.23. The van der Waals surface area contributed by atoms with Crippen LogP contribution in [0.3, 0.4) is 0 Å². The molecule has 2 aliphatic rings. The molecular weight excluding hydrogens is 410 g/mol. The zero-order chi connectivity index (χ0) is 21.5. The minimum atomic E-state index is -0.115. The van der Waals surface area contributed by atoms with E-state index in [1.807, 2.05) is 22.3 Å². The number of fused-ring (bicyclic) bond motifs is 5. The summed E-state index contributed by atoms with van der Waals surface area (Å²) in [6.07, 6.45) is 6.86. The SMILES string of the molecule is COc1ccc(NC(=O)N2Cc3c(sc4c3CCCC4)-n3cccc3[C@H]2C)cc1OC. The van der Waals surface area contributed by atoms with Crippen LogP contribution in [-0.4, -0.2) is 29.7 Å². The highest BCUT2D eigenvalue weighted by molar-refractivity contribution is 7.15. The van der Waals surface area contributed by atoms with Crippen molar-refractivity contribution in [3.8, 4) is 16.5 Å². The fourth-order valence-electron chi connectivity index (χ4n) is 4.72. The molecule has 1 atom stereocenters. The lowest BCUT2D eigenvalue weighted by molar-refractivity contribution is 0.189. The highest BCUT2D eigenvalue weighted by Crippen LogP contribution is 2.42. The Morgan fingerprint density at radius 1 is 1.10 bits per heavy atom. The molecule has 0 spiro atoms. The summed E-state index contributed by atoms with van der Waals surface area (Å²) in [5.41, 5.74) is 4.59. The molecule has 0 fully saturated rings. The number of nitrogens with one attached hydrogen (secondary N) is 1. The van der Waals surface area contributed by atoms with Gasteiger partial charge in [-0.05, 0) is 62.4 Å². The van der Waals surface area contributed by atoms with E-state index >= 15 is 0 Å². The summed E-state index contributed by atoms with van der Waals surface area (Å²) < 4.78 is 13.0. The fourth-order valence-corrected chi connectivity index (χ4v) is 6.12. The molecule has 2 aromatic heterocycles. The number of rotatable bonds is 3. The number of methoxy groups -OCH3 is 2. The van der Waals surface area contributed by atoms with E-state index in [1.165, 1.54) is 33.8 Å². The number of carbonyl (C=O) groups is 1. The van der Waals surface area contributed by atoms with Gasteiger partial charge in [0, 0.05) is 34.1 Å². The minimum absolute atomic E-state index is 0.0472. The third-order valence-electron chi connectivity index (χ3n) is 6.38. The summed E-state index contributed by atoms with van der Waals surface area (Å²) >= 11 is 1.90. The van der Waals surface area contributed by atoms with Gasteiger partial charge in [-0.3, -0.25) is 0 Å². The molecule has 7 heteroatoms. The molecule has 5 rings (SSSR count). The molecule has 1 aromatic carbocycles. The lowest BCUT2D eigenvalue weighted by Crippen LogP contribution is -2.36. The Morgan fingerprint density at radius 3 is 2.71 bits per heavy atom. The predicted octanol–water partition coefficient (Wildman–Crippen LogP) is 5.54. The van der Waals surface area contributed by atoms with E-state index in [9.17, 15) is 4.79 Å². The number of urea groups is 1. The van der Waals surface area contributed by atoms with Gasteiger partial charge in [0.25, 0.3) is 0 Å². The van der Waals surface area contributed by atoms with Crippen LogP contribution in [0.1, 0.15) is 47.5 Å². The van der Waals surface area contributed by atoms with E-state index < -0.39 is 0 Å². The minimum Gasteiger partial charge on any atom is -0.493 e. The predicted molar refractivity (Wildman–Crippen MR) is 123 cm³/mol. The van der Waals surface area contributed by atoms with Crippen molar-refractivity contribution in [2.24, 2.45) is 0 Å². The highest BCUT2D eigenvalue weighted by atomic mass is 32.1. The van der Waals surface area contributed by atoms with Gasteiger partial charge in [0.15, 0.2) is 11.5 Å². The summed E-state index contributed by atoms with van der Waals surface area (Å²) in [6.45, 7) is 2.71. The zero-order valence-electron chi connectivity index (χ0n) is 18.1. The van der Waals surface area contributed by atoms with Crippen LogP contribution in [0, 0.1) is 0 Å². The van der Waals surface area contributed by atoms with Gasteiger partial charge in [-0.15, -0.1) is 11.3 Å². The number of hydrogen-bond acceptors (Lipinski definition) is 4. The zero-order valence-corrected chi connectivity index (χ0v) is 18.9. The lowest BCUT2D eigenvalue weighted by Gasteiger charge is -2.28. The van der Waals surface area contributed by atoms with Crippen LogP contribution in [0.15, 0.2) is 36.5 Å². The number of thiophene rings is 1. The number of amides is 2. The van der Waals surface area contributed by atoms with Crippen molar-refractivity contribution < 1.29 is 14.3 Å². The molecule has 162 valence electrons. The molecule has 2 amide bonds. The van der Waals surface area contributed by atoms with Crippen LogP contribution in [0.5, 0.6) is 11.5 Å². The standard InChI is InChI=1S/C24H27N3O3S/c1-15-19-8-6-12-26(19)23-18(17-7-4-5-9-22(17)31-23)14-27(15)24(28)25-16-10-11-20(29-2)21(13-16)30-3/h6,8,10-13,15H,4-5,7,9,14H2,1-3H3,(H,25,28)/t15-/m1/s1. The number of aryl methyl sites for hydroxylation is 1. The summed E-state index contributed by atoms with van der Waals surface area (Å²) in [5, 5.41) is 4.35. The Labute approximate surface area is 186 Å². The van der Waals surface area contributed by atoms with Crippen molar-refractivity contribution in [1.29, 1.82) is 0 Å². The summed E-state index contributed by atoms with van der Waals surface area (Å²) in [6, 6.07) is 9.46. The van der Waals surface area contributed by atoms with E-state index in [-0.39, 0.29) is 12.1 Å². The van der Waals surface area contributed by atoms with Crippen LogP contribution in [0.4, 0.5) is 10.5 Å². The molecule has 0 radical (unpaired) electrons. The van der Waals surface area contributed by atoms with Crippen LogP contribution >= 0.6 is 11.3 Å². The quantitative estimate of drug-likeness (QED) is 0.585. The second-order valence-electron chi connectivity index (χ2n) is 8.10. The fraction of sp³-hybridized carbons (Fsp3) is 0.375. The van der Waals surface area contributed by atoms with Gasteiger partial charge in [0.1, 0.15) is 5.00 Å². The van der Waals surface area contributed by atoms with Gasteiger partial charge in [-0.2, -0.15) is 0 Å². The molecule has 1 N–H and O–H groups in total. The number of benzene rings is 1. The van der Waals surface area contributed by atoms with Crippen molar-refractivity contribution in [1.82, 2.24) is 9.47 Å². The van der Waals surface area contributed by atoms with Crippen LogP contribution < -0.4 is 14.8 Å². The van der Waals surface area contributed by atoms with Gasteiger partial charge in [-0.1, -0.05) is 0 Å². The third-order valence-corrected chi connectivity index (χ3v) is 7.71. The molecule has 3 heterocycles. The number of ether oxygens (including phenoxy) is 2. The Bertz CT molecular complexity index is 1130. The Kier molecular flexibility index (Phi) is 5.14. The average molecular weight is 438 g/mol. The molecule has 31 heavy (non-hydrogen) atoms. The van der Waals surface area contributed by atoms with E-state index in [0.717, 1.165) is 18.5 Å². The van der Waals surface area contributed by atoms with Gasteiger partial charge in [-0.25, -0.2) is 4.79 Å². The van der Waals surface area contributed by atoms with Crippen molar-refractivity contribution in [2.45, 2.75) is 45.2 Å². The summed E-state index contributed by atoms with van der Waals surface area (Å²) in [7, 11) is 3.19. The first-order chi connectivity index (χ1) is 15.1. The molecule has 0 saturated carbocycles. The monoisotopic (exact) mass is 437 g/mol. The third kappa shape index (κ3) is 3.37. The lowest BCUT2D eigenvalue weighted by atomic mass is 9.95. The van der Waals surface area contributed by atoms with Crippen molar-refractivity contribution in [3.05, 3.63) is 58.2 Å². The van der Waals surface area contributed by atoms with E-state index in [4.69, 9.17) is 9.47 Å². The van der Waals surface area contributed by atoms with Gasteiger partial charge >= 0.3 is 6.03 Å². The normalized spacial score (nSPS) is 17.3. The first-order valence-corrected chi connectivity index (χ1v) is 11.5. The number of carbonyl (C=O) groups excluding carboxylic acids is 1. The van der Waals surface area contributed by atoms with Crippen molar-refractivity contribution >= 4 is 23.1 Å². The molecule has 1 aliphatic heterocycles. The number of aromatic nitrogens is 1. The van der Waals surface area contributed by atoms with Crippen molar-refractivity contribution in [3.63, 3.8) is 0 Å². The molecule has 0 saturated heterocycles. The number of hydrogen-bond donors (Lipinski definition) is 1. The average Bonchev–Trinajstić information content (AvgIpc) is 3.39. The maximum absolute atomic E-state index is 13.5. The first kappa shape index (κ1) is 20.0. The van der Waals surface area contributed by atoms with Gasteiger partial charge in [0.2, 0.25) is 0 Å². The maximum atomic E-state index is 13.5. The molecule has 1 aliphatic carbocycles. The molecule has 0 unspecified atom stereocenters. The Balaban J connectivity index is 1.50. The van der Waals surface area contributed by atoms with Crippen LogP contribution in [0.2, 0.25) is 0 Å². The number of nitrogens with zero attached hydrogens (tertiary/aromatic N) is 2. The molecule has 6 nitrogen and oxygen atoms in total. The van der Waals surface area contributed by atoms with E-state index in [2.05, 4.69) is 35.1 Å². The molecular formula is C24H27N3O3S. The van der Waals surface area contributed by atoms with Crippen LogP contribution in [-0.2, 0) is 19.4 Å². The number of anilines is 1. The van der Waals surface area contributed by atoms with Gasteiger partial charge < -0.3 is 24.3 Å².